The first kappa shape index (κ1) is 19.2. The number of ether oxygens (including phenoxy) is 1. The first-order chi connectivity index (χ1) is 15.1. The number of halogens is 1. The molecule has 154 valence electrons. The first-order valence-electron chi connectivity index (χ1n) is 9.43. The quantitative estimate of drug-likeness (QED) is 0.442. The Balaban J connectivity index is 1.43. The van der Waals surface area contributed by atoms with Gasteiger partial charge in [0.15, 0.2) is 5.82 Å². The van der Waals surface area contributed by atoms with Gasteiger partial charge in [-0.15, -0.1) is 11.3 Å². The maximum absolute atomic E-state index is 14.3. The van der Waals surface area contributed by atoms with Gasteiger partial charge in [-0.3, -0.25) is 0 Å². The van der Waals surface area contributed by atoms with Gasteiger partial charge < -0.3 is 4.74 Å². The van der Waals surface area contributed by atoms with Crippen LogP contribution in [0.2, 0.25) is 0 Å². The molecule has 0 radical (unpaired) electrons. The van der Waals surface area contributed by atoms with Crippen LogP contribution in [0.4, 0.5) is 4.39 Å². The number of fused-ring (bicyclic) bond motifs is 1. The molecule has 0 aliphatic heterocycles. The predicted octanol–water partition coefficient (Wildman–Crippen LogP) is 4.27. The number of nitrogens with one attached hydrogen (secondary N) is 1. The average Bonchev–Trinajstić information content (AvgIpc) is 3.39. The van der Waals surface area contributed by atoms with Crippen molar-refractivity contribution in [3.63, 3.8) is 0 Å². The fraction of sp³-hybridized carbons (Fsp3) is 0.143. The second-order valence-electron chi connectivity index (χ2n) is 6.85. The molecule has 0 atom stereocenters. The predicted molar refractivity (Wildman–Crippen MR) is 114 cm³/mol. The van der Waals surface area contributed by atoms with Gasteiger partial charge in [0.2, 0.25) is 0 Å². The smallest absolute Gasteiger partial charge is 0.316 e. The third-order valence-corrected chi connectivity index (χ3v) is 5.74. The van der Waals surface area contributed by atoms with Crippen LogP contribution in [-0.4, -0.2) is 35.3 Å². The van der Waals surface area contributed by atoms with Crippen molar-refractivity contribution in [3.05, 3.63) is 64.8 Å². The van der Waals surface area contributed by atoms with Gasteiger partial charge in [-0.05, 0) is 44.2 Å². The van der Waals surface area contributed by atoms with Gasteiger partial charge in [0.1, 0.15) is 22.6 Å². The maximum Gasteiger partial charge on any atom is 0.316 e. The van der Waals surface area contributed by atoms with E-state index >= 15 is 0 Å². The molecule has 5 rings (SSSR count). The Morgan fingerprint density at radius 3 is 2.77 bits per heavy atom. The number of aromatic nitrogens is 7. The molecule has 31 heavy (non-hydrogen) atoms. The summed E-state index contributed by atoms with van der Waals surface area (Å²) >= 11 is 1.49. The number of pyridine rings is 1. The van der Waals surface area contributed by atoms with Gasteiger partial charge >= 0.3 is 6.01 Å². The van der Waals surface area contributed by atoms with Crippen molar-refractivity contribution in [2.75, 3.05) is 0 Å². The van der Waals surface area contributed by atoms with Crippen LogP contribution < -0.4 is 4.74 Å². The summed E-state index contributed by atoms with van der Waals surface area (Å²) in [5, 5.41) is 11.0. The third kappa shape index (κ3) is 3.84. The molecule has 0 aliphatic carbocycles. The molecule has 10 heteroatoms. The lowest BCUT2D eigenvalue weighted by molar-refractivity contribution is 0.279. The molecule has 0 unspecified atom stereocenters. The van der Waals surface area contributed by atoms with Gasteiger partial charge in [0.25, 0.3) is 0 Å². The lowest BCUT2D eigenvalue weighted by atomic mass is 10.1. The Morgan fingerprint density at radius 1 is 1.03 bits per heavy atom. The summed E-state index contributed by atoms with van der Waals surface area (Å²) < 4.78 is 20.0. The molecule has 0 spiro atoms. The van der Waals surface area contributed by atoms with E-state index < -0.39 is 5.82 Å². The molecule has 0 saturated heterocycles. The SMILES string of the molecule is Cc1ccnc(OCc2nc(C)c(-c3cccc(-c4cc(F)c5n[nH]nc5c4)n3)s2)n1. The highest BCUT2D eigenvalue weighted by atomic mass is 32.1. The van der Waals surface area contributed by atoms with E-state index in [0.717, 1.165) is 27.0 Å². The van der Waals surface area contributed by atoms with E-state index in [4.69, 9.17) is 9.72 Å². The Bertz CT molecular complexity index is 1400. The van der Waals surface area contributed by atoms with Crippen molar-refractivity contribution >= 4 is 22.4 Å². The highest BCUT2D eigenvalue weighted by Gasteiger charge is 2.14. The third-order valence-electron chi connectivity index (χ3n) is 4.59. The van der Waals surface area contributed by atoms with E-state index in [1.807, 2.05) is 38.1 Å². The summed E-state index contributed by atoms with van der Waals surface area (Å²) in [6.45, 7) is 4.07. The molecule has 0 bridgehead atoms. The van der Waals surface area contributed by atoms with Gasteiger partial charge in [-0.1, -0.05) is 6.07 Å². The first-order valence-corrected chi connectivity index (χ1v) is 10.2. The van der Waals surface area contributed by atoms with E-state index in [0.29, 0.717) is 22.8 Å². The van der Waals surface area contributed by atoms with Crippen LogP contribution in [0.25, 0.3) is 32.9 Å². The minimum atomic E-state index is -0.444. The van der Waals surface area contributed by atoms with Crippen LogP contribution >= 0.6 is 11.3 Å². The van der Waals surface area contributed by atoms with Crippen LogP contribution in [0, 0.1) is 19.7 Å². The van der Waals surface area contributed by atoms with Gasteiger partial charge in [-0.25, -0.2) is 24.3 Å². The summed E-state index contributed by atoms with van der Waals surface area (Å²) in [6.07, 6.45) is 1.66. The Kier molecular flexibility index (Phi) is 4.83. The average molecular weight is 433 g/mol. The zero-order chi connectivity index (χ0) is 21.4. The van der Waals surface area contributed by atoms with Gasteiger partial charge in [0, 0.05) is 17.5 Å². The lowest BCUT2D eigenvalue weighted by Crippen LogP contribution is -1.99. The second kappa shape index (κ2) is 7.80. The molecule has 0 aliphatic rings. The number of benzene rings is 1. The molecule has 0 fully saturated rings. The zero-order valence-corrected chi connectivity index (χ0v) is 17.4. The van der Waals surface area contributed by atoms with Gasteiger partial charge in [-0.2, -0.15) is 15.4 Å². The summed E-state index contributed by atoms with van der Waals surface area (Å²) in [5.41, 5.74) is 4.36. The van der Waals surface area contributed by atoms with Crippen molar-refractivity contribution in [1.82, 2.24) is 35.3 Å². The second-order valence-corrected chi connectivity index (χ2v) is 7.93. The molecule has 4 heterocycles. The van der Waals surface area contributed by atoms with Crippen molar-refractivity contribution in [2.45, 2.75) is 20.5 Å². The largest absolute Gasteiger partial charge is 0.456 e. The van der Waals surface area contributed by atoms with Crippen molar-refractivity contribution in [3.8, 4) is 27.8 Å². The summed E-state index contributed by atoms with van der Waals surface area (Å²) in [4.78, 5) is 18.6. The van der Waals surface area contributed by atoms with E-state index in [2.05, 4.69) is 30.4 Å². The maximum atomic E-state index is 14.3. The standard InChI is InChI=1S/C21H16FN7OS/c1-11-6-7-23-21(24-11)30-10-18-25-12(2)20(31-18)16-5-3-4-15(26-16)13-8-14(22)19-17(9-13)27-29-28-19/h3-9H,10H2,1-2H3,(H,27,28,29). The Hall–Kier alpha value is -3.79. The molecule has 8 nitrogen and oxygen atoms in total. The number of nitrogens with zero attached hydrogens (tertiary/aromatic N) is 6. The monoisotopic (exact) mass is 433 g/mol. The fourth-order valence-corrected chi connectivity index (χ4v) is 4.10. The number of thiazole rings is 1. The van der Waals surface area contributed by atoms with E-state index in [1.165, 1.54) is 17.4 Å². The van der Waals surface area contributed by atoms with Crippen LogP contribution in [0.1, 0.15) is 16.4 Å². The van der Waals surface area contributed by atoms with Crippen molar-refractivity contribution in [1.29, 1.82) is 0 Å². The lowest BCUT2D eigenvalue weighted by Gasteiger charge is -2.04. The number of H-pyrrole nitrogens is 1. The Morgan fingerprint density at radius 2 is 1.90 bits per heavy atom. The fourth-order valence-electron chi connectivity index (χ4n) is 3.15. The molecular formula is C21H16FN7OS. The number of hydrogen-bond acceptors (Lipinski definition) is 8. The summed E-state index contributed by atoms with van der Waals surface area (Å²) in [6, 6.07) is 10.9. The highest BCUT2D eigenvalue weighted by Crippen LogP contribution is 2.31. The summed E-state index contributed by atoms with van der Waals surface area (Å²) in [7, 11) is 0. The molecule has 4 aromatic heterocycles. The van der Waals surface area contributed by atoms with E-state index in [-0.39, 0.29) is 12.1 Å². The molecule has 0 saturated carbocycles. The van der Waals surface area contributed by atoms with Crippen LogP contribution in [-0.2, 0) is 6.61 Å². The minimum absolute atomic E-state index is 0.209. The molecule has 1 aromatic carbocycles. The van der Waals surface area contributed by atoms with Crippen molar-refractivity contribution in [2.24, 2.45) is 0 Å². The topological polar surface area (TPSA) is 102 Å². The van der Waals surface area contributed by atoms with Crippen LogP contribution in [0.3, 0.4) is 0 Å². The number of hydrogen-bond donors (Lipinski definition) is 1. The van der Waals surface area contributed by atoms with E-state index in [9.17, 15) is 4.39 Å². The highest BCUT2D eigenvalue weighted by molar-refractivity contribution is 7.15. The van der Waals surface area contributed by atoms with Crippen LogP contribution in [0.5, 0.6) is 6.01 Å². The molecule has 5 aromatic rings. The van der Waals surface area contributed by atoms with E-state index in [1.54, 1.807) is 12.3 Å². The van der Waals surface area contributed by atoms with Crippen molar-refractivity contribution < 1.29 is 9.13 Å². The zero-order valence-electron chi connectivity index (χ0n) is 16.6. The minimum Gasteiger partial charge on any atom is -0.456 e. The molecule has 1 N–H and O–H groups in total. The summed E-state index contributed by atoms with van der Waals surface area (Å²) in [5.74, 6) is -0.444. The van der Waals surface area contributed by atoms with Crippen LogP contribution in [0.15, 0.2) is 42.6 Å². The molecular weight excluding hydrogens is 417 g/mol. The number of aromatic amines is 1. The number of aryl methyl sites for hydroxylation is 2. The molecule has 0 amide bonds. The van der Waals surface area contributed by atoms with Gasteiger partial charge in [0.05, 0.1) is 22.0 Å². The normalized spacial score (nSPS) is 11.2. The Labute approximate surface area is 180 Å². The number of rotatable bonds is 5.